The molecule has 2 rings (SSSR count). The van der Waals surface area contributed by atoms with Crippen LogP contribution in [0.4, 0.5) is 0 Å². The van der Waals surface area contributed by atoms with Crippen LogP contribution in [0, 0.1) is 0 Å². The molecule has 0 aliphatic rings. The molecule has 2 nitrogen and oxygen atoms in total. The molecule has 15 heavy (non-hydrogen) atoms. The van der Waals surface area contributed by atoms with Crippen LogP contribution in [-0.4, -0.2) is 6.26 Å². The van der Waals surface area contributed by atoms with Crippen molar-refractivity contribution in [1.29, 1.82) is 0 Å². The fourth-order valence-corrected chi connectivity index (χ4v) is 1.85. The van der Waals surface area contributed by atoms with Crippen molar-refractivity contribution in [2.45, 2.75) is 10.9 Å². The normalized spacial score (nSPS) is 12.7. The van der Waals surface area contributed by atoms with Gasteiger partial charge in [-0.3, -0.25) is 0 Å². The van der Waals surface area contributed by atoms with E-state index in [-0.39, 0.29) is 6.04 Å². The van der Waals surface area contributed by atoms with E-state index in [9.17, 15) is 0 Å². The van der Waals surface area contributed by atoms with Gasteiger partial charge < -0.3 is 10.2 Å². The second-order valence-electron chi connectivity index (χ2n) is 3.27. The van der Waals surface area contributed by atoms with E-state index < -0.39 is 0 Å². The average Bonchev–Trinajstić information content (AvgIpc) is 2.82. The summed E-state index contributed by atoms with van der Waals surface area (Å²) in [6, 6.07) is 11.8. The molecule has 1 aromatic heterocycles. The summed E-state index contributed by atoms with van der Waals surface area (Å²) < 4.78 is 5.28. The van der Waals surface area contributed by atoms with Crippen LogP contribution in [0.1, 0.15) is 17.4 Å². The molecule has 3 heteroatoms. The summed E-state index contributed by atoms with van der Waals surface area (Å²) in [5.41, 5.74) is 7.12. The molecule has 1 aromatic carbocycles. The third-order valence-electron chi connectivity index (χ3n) is 2.32. The Kier molecular flexibility index (Phi) is 3.14. The van der Waals surface area contributed by atoms with E-state index >= 15 is 0 Å². The Bertz CT molecular complexity index is 408. The van der Waals surface area contributed by atoms with Crippen molar-refractivity contribution in [3.63, 3.8) is 0 Å². The predicted molar refractivity (Wildman–Crippen MR) is 63.0 cm³/mol. The van der Waals surface area contributed by atoms with Gasteiger partial charge in [-0.15, -0.1) is 11.8 Å². The lowest BCUT2D eigenvalue weighted by Crippen LogP contribution is -2.10. The molecular formula is C12H13NOS. The smallest absolute Gasteiger partial charge is 0.124 e. The minimum atomic E-state index is -0.170. The van der Waals surface area contributed by atoms with Gasteiger partial charge in [-0.2, -0.15) is 0 Å². The minimum absolute atomic E-state index is 0.170. The largest absolute Gasteiger partial charge is 0.467 e. The highest BCUT2D eigenvalue weighted by Gasteiger charge is 2.10. The first-order valence-corrected chi connectivity index (χ1v) is 5.96. The van der Waals surface area contributed by atoms with Gasteiger partial charge in [0.2, 0.25) is 0 Å². The summed E-state index contributed by atoms with van der Waals surface area (Å²) in [5.74, 6) is 0.798. The maximum absolute atomic E-state index is 6.05. The van der Waals surface area contributed by atoms with E-state index in [1.165, 1.54) is 4.90 Å². The molecule has 0 saturated heterocycles. The zero-order chi connectivity index (χ0) is 10.7. The van der Waals surface area contributed by atoms with Crippen molar-refractivity contribution in [3.8, 4) is 0 Å². The molecule has 2 aromatic rings. The molecule has 2 N–H and O–H groups in total. The second-order valence-corrected chi connectivity index (χ2v) is 4.15. The van der Waals surface area contributed by atoms with Crippen LogP contribution in [0.2, 0.25) is 0 Å². The van der Waals surface area contributed by atoms with Crippen molar-refractivity contribution in [2.24, 2.45) is 5.73 Å². The molecular weight excluding hydrogens is 206 g/mol. The van der Waals surface area contributed by atoms with Gasteiger partial charge in [0.05, 0.1) is 12.3 Å². The van der Waals surface area contributed by atoms with E-state index in [0.29, 0.717) is 0 Å². The number of thioether (sulfide) groups is 1. The first kappa shape index (κ1) is 10.3. The zero-order valence-corrected chi connectivity index (χ0v) is 9.33. The lowest BCUT2D eigenvalue weighted by Gasteiger charge is -2.09. The number of hydrogen-bond acceptors (Lipinski definition) is 3. The van der Waals surface area contributed by atoms with E-state index in [2.05, 4.69) is 18.4 Å². The van der Waals surface area contributed by atoms with E-state index in [1.807, 2.05) is 24.3 Å². The molecule has 1 atom stereocenters. The SMILES string of the molecule is CSc1ccc(C(N)c2ccco2)cc1. The quantitative estimate of drug-likeness (QED) is 0.806. The van der Waals surface area contributed by atoms with Gasteiger partial charge in [-0.1, -0.05) is 12.1 Å². The lowest BCUT2D eigenvalue weighted by molar-refractivity contribution is 0.490. The van der Waals surface area contributed by atoms with Crippen LogP contribution < -0.4 is 5.73 Å². The minimum Gasteiger partial charge on any atom is -0.467 e. The Morgan fingerprint density at radius 2 is 1.93 bits per heavy atom. The van der Waals surface area contributed by atoms with Gasteiger partial charge in [-0.05, 0) is 36.1 Å². The van der Waals surface area contributed by atoms with Crippen molar-refractivity contribution >= 4 is 11.8 Å². The molecule has 78 valence electrons. The number of nitrogens with two attached hydrogens (primary N) is 1. The van der Waals surface area contributed by atoms with Crippen LogP contribution in [0.15, 0.2) is 52.0 Å². The standard InChI is InChI=1S/C12H13NOS/c1-15-10-6-4-9(5-7-10)12(13)11-3-2-8-14-11/h2-8,12H,13H2,1H3. The molecule has 0 radical (unpaired) electrons. The molecule has 0 aliphatic heterocycles. The molecule has 1 unspecified atom stereocenters. The van der Waals surface area contributed by atoms with Crippen LogP contribution in [0.5, 0.6) is 0 Å². The number of furan rings is 1. The van der Waals surface area contributed by atoms with Gasteiger partial charge in [0.25, 0.3) is 0 Å². The van der Waals surface area contributed by atoms with Crippen LogP contribution in [0.3, 0.4) is 0 Å². The Balaban J connectivity index is 2.22. The van der Waals surface area contributed by atoms with Crippen LogP contribution in [-0.2, 0) is 0 Å². The third-order valence-corrected chi connectivity index (χ3v) is 3.07. The summed E-state index contributed by atoms with van der Waals surface area (Å²) in [5, 5.41) is 0. The van der Waals surface area contributed by atoms with Crippen LogP contribution >= 0.6 is 11.8 Å². The highest BCUT2D eigenvalue weighted by atomic mass is 32.2. The molecule has 0 bridgehead atoms. The van der Waals surface area contributed by atoms with E-state index in [1.54, 1.807) is 18.0 Å². The van der Waals surface area contributed by atoms with Crippen molar-refractivity contribution in [2.75, 3.05) is 6.26 Å². The van der Waals surface area contributed by atoms with E-state index in [4.69, 9.17) is 10.2 Å². The maximum Gasteiger partial charge on any atom is 0.124 e. The summed E-state index contributed by atoms with van der Waals surface area (Å²) >= 11 is 1.72. The van der Waals surface area contributed by atoms with Gasteiger partial charge in [0.15, 0.2) is 0 Å². The van der Waals surface area contributed by atoms with Crippen LogP contribution in [0.25, 0.3) is 0 Å². The highest BCUT2D eigenvalue weighted by molar-refractivity contribution is 7.98. The molecule has 0 fully saturated rings. The summed E-state index contributed by atoms with van der Waals surface area (Å²) in [6.45, 7) is 0. The summed E-state index contributed by atoms with van der Waals surface area (Å²) in [4.78, 5) is 1.24. The van der Waals surface area contributed by atoms with Crippen molar-refractivity contribution in [3.05, 3.63) is 54.0 Å². The van der Waals surface area contributed by atoms with Crippen molar-refractivity contribution < 1.29 is 4.42 Å². The molecule has 0 aliphatic carbocycles. The molecule has 0 saturated carbocycles. The molecule has 0 spiro atoms. The van der Waals surface area contributed by atoms with Gasteiger partial charge in [0.1, 0.15) is 5.76 Å². The second kappa shape index (κ2) is 4.55. The van der Waals surface area contributed by atoms with E-state index in [0.717, 1.165) is 11.3 Å². The van der Waals surface area contributed by atoms with Gasteiger partial charge >= 0.3 is 0 Å². The van der Waals surface area contributed by atoms with Gasteiger partial charge in [-0.25, -0.2) is 0 Å². The average molecular weight is 219 g/mol. The first-order valence-electron chi connectivity index (χ1n) is 4.74. The maximum atomic E-state index is 6.05. The lowest BCUT2D eigenvalue weighted by atomic mass is 10.1. The Labute approximate surface area is 93.5 Å². The van der Waals surface area contributed by atoms with Gasteiger partial charge in [0, 0.05) is 4.90 Å². The fourth-order valence-electron chi connectivity index (χ4n) is 1.44. The number of rotatable bonds is 3. The predicted octanol–water partition coefficient (Wildman–Crippen LogP) is 3.05. The monoisotopic (exact) mass is 219 g/mol. The summed E-state index contributed by atoms with van der Waals surface area (Å²) in [7, 11) is 0. The van der Waals surface area contributed by atoms with Crippen molar-refractivity contribution in [1.82, 2.24) is 0 Å². The Morgan fingerprint density at radius 1 is 1.20 bits per heavy atom. The molecule has 1 heterocycles. The zero-order valence-electron chi connectivity index (χ0n) is 8.51. The Morgan fingerprint density at radius 3 is 2.47 bits per heavy atom. The Hall–Kier alpha value is -1.19. The highest BCUT2D eigenvalue weighted by Crippen LogP contribution is 2.22. The first-order chi connectivity index (χ1) is 7.31. The number of hydrogen-bond donors (Lipinski definition) is 1. The molecule has 0 amide bonds. The third kappa shape index (κ3) is 2.25. The fraction of sp³-hybridized carbons (Fsp3) is 0.167. The topological polar surface area (TPSA) is 39.2 Å². The summed E-state index contributed by atoms with van der Waals surface area (Å²) in [6.07, 6.45) is 3.70. The number of benzene rings is 1.